The number of benzene rings is 2. The van der Waals surface area contributed by atoms with Crippen LogP contribution in [0.3, 0.4) is 0 Å². The van der Waals surface area contributed by atoms with Crippen LogP contribution in [-0.2, 0) is 16.2 Å². The molecule has 0 bridgehead atoms. The van der Waals surface area contributed by atoms with Gasteiger partial charge in [0.2, 0.25) is 10.0 Å². The van der Waals surface area contributed by atoms with Crippen molar-refractivity contribution in [2.75, 3.05) is 7.05 Å². The van der Waals surface area contributed by atoms with Crippen LogP contribution in [0, 0.1) is 11.3 Å². The number of rotatable bonds is 4. The van der Waals surface area contributed by atoms with Crippen LogP contribution in [0.1, 0.15) is 11.1 Å². The van der Waals surface area contributed by atoms with Crippen LogP contribution in [0.25, 0.3) is 0 Å². The molecule has 5 nitrogen and oxygen atoms in total. The van der Waals surface area contributed by atoms with Gasteiger partial charge in [-0.05, 0) is 43.4 Å². The normalized spacial score (nSPS) is 11.8. The molecule has 2 aromatic rings. The highest BCUT2D eigenvalue weighted by atomic mass is 32.2. The maximum absolute atomic E-state index is 12.7. The third kappa shape index (κ3) is 3.84. The minimum absolute atomic E-state index is 0.0492. The number of ether oxygens (including phenoxy) is 1. The smallest absolute Gasteiger partial charge is 0.416 e. The van der Waals surface area contributed by atoms with Crippen molar-refractivity contribution in [2.24, 2.45) is 0 Å². The molecule has 0 radical (unpaired) electrons. The van der Waals surface area contributed by atoms with Gasteiger partial charge in [-0.2, -0.15) is 18.4 Å². The SMILES string of the molecule is CNS(=O)(=O)c1ccc(Oc2cccc(C(F)(F)F)c2)c(C#N)c1. The molecule has 0 atom stereocenters. The third-order valence-corrected chi connectivity index (χ3v) is 4.45. The summed E-state index contributed by atoms with van der Waals surface area (Å²) in [5.74, 6) is -0.169. The molecule has 0 aromatic heterocycles. The third-order valence-electron chi connectivity index (χ3n) is 3.04. The Morgan fingerprint density at radius 1 is 1.17 bits per heavy atom. The molecule has 2 rings (SSSR count). The Kier molecular flexibility index (Phi) is 4.82. The van der Waals surface area contributed by atoms with Crippen molar-refractivity contribution in [2.45, 2.75) is 11.1 Å². The van der Waals surface area contributed by atoms with Gasteiger partial charge in [-0.25, -0.2) is 13.1 Å². The fourth-order valence-electron chi connectivity index (χ4n) is 1.83. The zero-order chi connectivity index (χ0) is 18.0. The largest absolute Gasteiger partial charge is 0.456 e. The second-order valence-electron chi connectivity index (χ2n) is 4.60. The minimum Gasteiger partial charge on any atom is -0.456 e. The molecule has 0 heterocycles. The van der Waals surface area contributed by atoms with Crippen LogP contribution in [0.2, 0.25) is 0 Å². The number of hydrogen-bond donors (Lipinski definition) is 1. The van der Waals surface area contributed by atoms with Crippen LogP contribution in [0.15, 0.2) is 47.4 Å². The first-order valence-corrected chi connectivity index (χ1v) is 7.98. The van der Waals surface area contributed by atoms with E-state index in [2.05, 4.69) is 4.72 Å². The monoisotopic (exact) mass is 356 g/mol. The van der Waals surface area contributed by atoms with Crippen LogP contribution in [0.5, 0.6) is 11.5 Å². The number of nitrogens with one attached hydrogen (secondary N) is 1. The summed E-state index contributed by atoms with van der Waals surface area (Å²) in [6, 6.07) is 9.39. The Hall–Kier alpha value is -2.57. The van der Waals surface area contributed by atoms with Crippen LogP contribution in [-0.4, -0.2) is 15.5 Å². The predicted octanol–water partition coefficient (Wildman–Crippen LogP) is 3.28. The second-order valence-corrected chi connectivity index (χ2v) is 6.49. The molecule has 1 N–H and O–H groups in total. The zero-order valence-corrected chi connectivity index (χ0v) is 13.1. The van der Waals surface area contributed by atoms with Crippen molar-refractivity contribution in [1.29, 1.82) is 5.26 Å². The molecular formula is C15H11F3N2O3S. The van der Waals surface area contributed by atoms with Gasteiger partial charge in [0.15, 0.2) is 0 Å². The number of nitrogens with zero attached hydrogens (tertiary/aromatic N) is 1. The number of sulfonamides is 1. The number of halogens is 3. The lowest BCUT2D eigenvalue weighted by molar-refractivity contribution is -0.137. The first-order valence-electron chi connectivity index (χ1n) is 6.50. The Morgan fingerprint density at radius 2 is 1.88 bits per heavy atom. The van der Waals surface area contributed by atoms with Crippen molar-refractivity contribution >= 4 is 10.0 Å². The standard InChI is InChI=1S/C15H11F3N2O3S/c1-20-24(21,22)13-5-6-14(10(7-13)9-19)23-12-4-2-3-11(8-12)15(16,17)18/h2-8,20H,1H3. The van der Waals surface area contributed by atoms with Gasteiger partial charge in [-0.1, -0.05) is 6.07 Å². The van der Waals surface area contributed by atoms with Gasteiger partial charge in [0.25, 0.3) is 0 Å². The van der Waals surface area contributed by atoms with Gasteiger partial charge in [0.1, 0.15) is 17.6 Å². The molecule has 0 aliphatic rings. The molecule has 0 amide bonds. The molecule has 0 aliphatic carbocycles. The van der Waals surface area contributed by atoms with E-state index in [-0.39, 0.29) is 22.0 Å². The summed E-state index contributed by atoms with van der Waals surface area (Å²) >= 11 is 0. The Bertz CT molecular complexity index is 903. The lowest BCUT2D eigenvalue weighted by atomic mass is 10.2. The molecule has 0 saturated carbocycles. The first kappa shape index (κ1) is 17.8. The van der Waals surface area contributed by atoms with Crippen molar-refractivity contribution in [3.05, 3.63) is 53.6 Å². The maximum Gasteiger partial charge on any atom is 0.416 e. The van der Waals surface area contributed by atoms with E-state index in [1.165, 1.54) is 31.3 Å². The number of nitriles is 1. The van der Waals surface area contributed by atoms with Crippen molar-refractivity contribution in [1.82, 2.24) is 4.72 Å². The van der Waals surface area contributed by atoms with E-state index < -0.39 is 21.8 Å². The molecule has 2 aromatic carbocycles. The maximum atomic E-state index is 12.7. The fraction of sp³-hybridized carbons (Fsp3) is 0.133. The number of alkyl halides is 3. The summed E-state index contributed by atoms with van der Waals surface area (Å²) in [4.78, 5) is -0.155. The number of hydrogen-bond acceptors (Lipinski definition) is 4. The highest BCUT2D eigenvalue weighted by molar-refractivity contribution is 7.89. The molecule has 0 aliphatic heterocycles. The molecule has 0 fully saturated rings. The molecule has 9 heteroatoms. The van der Waals surface area contributed by atoms with Crippen molar-refractivity contribution in [3.63, 3.8) is 0 Å². The average molecular weight is 356 g/mol. The van der Waals surface area contributed by atoms with Gasteiger partial charge in [-0.15, -0.1) is 0 Å². The van der Waals surface area contributed by atoms with Crippen LogP contribution in [0.4, 0.5) is 13.2 Å². The van der Waals surface area contributed by atoms with Gasteiger partial charge < -0.3 is 4.74 Å². The first-order chi connectivity index (χ1) is 11.2. The highest BCUT2D eigenvalue weighted by Gasteiger charge is 2.30. The van der Waals surface area contributed by atoms with Crippen molar-refractivity contribution in [3.8, 4) is 17.6 Å². The zero-order valence-electron chi connectivity index (χ0n) is 12.3. The Labute approximate surface area is 136 Å². The van der Waals surface area contributed by atoms with E-state index in [0.29, 0.717) is 0 Å². The Morgan fingerprint density at radius 3 is 2.46 bits per heavy atom. The highest BCUT2D eigenvalue weighted by Crippen LogP contribution is 2.33. The topological polar surface area (TPSA) is 79.2 Å². The van der Waals surface area contributed by atoms with Crippen LogP contribution >= 0.6 is 0 Å². The van der Waals surface area contributed by atoms with Gasteiger partial charge in [0, 0.05) is 0 Å². The van der Waals surface area contributed by atoms with E-state index in [1.807, 2.05) is 0 Å². The van der Waals surface area contributed by atoms with E-state index in [9.17, 15) is 21.6 Å². The van der Waals surface area contributed by atoms with E-state index in [0.717, 1.165) is 18.2 Å². The van der Waals surface area contributed by atoms with E-state index in [4.69, 9.17) is 10.00 Å². The van der Waals surface area contributed by atoms with Crippen LogP contribution < -0.4 is 9.46 Å². The molecule has 24 heavy (non-hydrogen) atoms. The molecule has 0 spiro atoms. The summed E-state index contributed by atoms with van der Waals surface area (Å²) in [6.45, 7) is 0. The summed E-state index contributed by atoms with van der Waals surface area (Å²) in [5, 5.41) is 9.12. The summed E-state index contributed by atoms with van der Waals surface area (Å²) in [7, 11) is -2.54. The molecule has 0 unspecified atom stereocenters. The lowest BCUT2D eigenvalue weighted by Gasteiger charge is -2.11. The summed E-state index contributed by atoms with van der Waals surface area (Å²) in [6.07, 6.45) is -4.53. The fourth-order valence-corrected chi connectivity index (χ4v) is 2.59. The van der Waals surface area contributed by atoms with E-state index >= 15 is 0 Å². The average Bonchev–Trinajstić information content (AvgIpc) is 2.54. The molecule has 0 saturated heterocycles. The molecular weight excluding hydrogens is 345 g/mol. The quantitative estimate of drug-likeness (QED) is 0.912. The van der Waals surface area contributed by atoms with Gasteiger partial charge >= 0.3 is 6.18 Å². The molecule has 126 valence electrons. The summed E-state index contributed by atoms with van der Waals surface area (Å²) < 4.78 is 68.9. The second kappa shape index (κ2) is 6.51. The lowest BCUT2D eigenvalue weighted by Crippen LogP contribution is -2.18. The van der Waals surface area contributed by atoms with Gasteiger partial charge in [0.05, 0.1) is 16.0 Å². The predicted molar refractivity (Wildman–Crippen MR) is 78.9 cm³/mol. The summed E-state index contributed by atoms with van der Waals surface area (Å²) in [5.41, 5.74) is -1.02. The Balaban J connectivity index is 2.40. The minimum atomic E-state index is -4.53. The van der Waals surface area contributed by atoms with Gasteiger partial charge in [-0.3, -0.25) is 0 Å². The van der Waals surface area contributed by atoms with E-state index in [1.54, 1.807) is 6.07 Å². The van der Waals surface area contributed by atoms with Crippen molar-refractivity contribution < 1.29 is 26.3 Å².